The van der Waals surface area contributed by atoms with Crippen LogP contribution in [-0.2, 0) is 4.74 Å². The summed E-state index contributed by atoms with van der Waals surface area (Å²) in [5.74, 6) is 2.55. The SMILES string of the molecule is C#CC[C@H]1C[C@H](n2ccc(=O)[nH]c2=O)O[C@@H]1CO. The fourth-order valence-corrected chi connectivity index (χ4v) is 2.17. The van der Waals surface area contributed by atoms with Gasteiger partial charge in [0.2, 0.25) is 0 Å². The van der Waals surface area contributed by atoms with Gasteiger partial charge in [-0.2, -0.15) is 0 Å². The van der Waals surface area contributed by atoms with Crippen molar-refractivity contribution in [3.05, 3.63) is 33.1 Å². The van der Waals surface area contributed by atoms with Crippen LogP contribution in [0, 0.1) is 18.3 Å². The second-order valence-electron chi connectivity index (χ2n) is 4.23. The van der Waals surface area contributed by atoms with E-state index in [0.717, 1.165) is 0 Å². The van der Waals surface area contributed by atoms with Crippen LogP contribution in [0.15, 0.2) is 21.9 Å². The predicted octanol–water partition coefficient (Wildman–Crippen LogP) is -0.544. The number of H-pyrrole nitrogens is 1. The molecule has 0 aromatic carbocycles. The van der Waals surface area contributed by atoms with E-state index in [4.69, 9.17) is 11.2 Å². The molecule has 18 heavy (non-hydrogen) atoms. The molecule has 0 unspecified atom stereocenters. The average Bonchev–Trinajstić information content (AvgIpc) is 2.72. The summed E-state index contributed by atoms with van der Waals surface area (Å²) in [5, 5.41) is 9.20. The Balaban J connectivity index is 2.23. The number of aromatic nitrogens is 2. The molecule has 0 aliphatic carbocycles. The van der Waals surface area contributed by atoms with Crippen LogP contribution in [0.4, 0.5) is 0 Å². The highest BCUT2D eigenvalue weighted by atomic mass is 16.5. The average molecular weight is 250 g/mol. The molecule has 0 spiro atoms. The van der Waals surface area contributed by atoms with Crippen LogP contribution < -0.4 is 11.2 Å². The first-order valence-corrected chi connectivity index (χ1v) is 5.67. The molecule has 3 atom stereocenters. The summed E-state index contributed by atoms with van der Waals surface area (Å²) in [7, 11) is 0. The van der Waals surface area contributed by atoms with E-state index in [9.17, 15) is 14.7 Å². The summed E-state index contributed by atoms with van der Waals surface area (Å²) >= 11 is 0. The summed E-state index contributed by atoms with van der Waals surface area (Å²) in [6.45, 7) is -0.138. The third-order valence-electron chi connectivity index (χ3n) is 3.08. The smallest absolute Gasteiger partial charge is 0.330 e. The Labute approximate surface area is 103 Å². The van der Waals surface area contributed by atoms with Gasteiger partial charge in [0.05, 0.1) is 12.7 Å². The predicted molar refractivity (Wildman–Crippen MR) is 63.9 cm³/mol. The van der Waals surface area contributed by atoms with Gasteiger partial charge in [0, 0.05) is 24.6 Å². The molecule has 0 amide bonds. The van der Waals surface area contributed by atoms with Crippen molar-refractivity contribution >= 4 is 0 Å². The molecule has 0 radical (unpaired) electrons. The largest absolute Gasteiger partial charge is 0.394 e. The molecule has 1 aromatic rings. The number of rotatable bonds is 3. The van der Waals surface area contributed by atoms with E-state index in [-0.39, 0.29) is 18.6 Å². The Morgan fingerprint density at radius 1 is 1.61 bits per heavy atom. The van der Waals surface area contributed by atoms with E-state index in [1.165, 1.54) is 16.8 Å². The first kappa shape index (κ1) is 12.6. The molecule has 2 heterocycles. The maximum Gasteiger partial charge on any atom is 0.330 e. The van der Waals surface area contributed by atoms with Gasteiger partial charge in [0.15, 0.2) is 0 Å². The monoisotopic (exact) mass is 250 g/mol. The molecule has 96 valence electrons. The number of hydrogen-bond donors (Lipinski definition) is 2. The quantitative estimate of drug-likeness (QED) is 0.705. The van der Waals surface area contributed by atoms with Gasteiger partial charge >= 0.3 is 5.69 Å². The van der Waals surface area contributed by atoms with Crippen molar-refractivity contribution in [1.82, 2.24) is 9.55 Å². The van der Waals surface area contributed by atoms with Gasteiger partial charge in [-0.3, -0.25) is 14.3 Å². The van der Waals surface area contributed by atoms with Crippen molar-refractivity contribution in [3.63, 3.8) is 0 Å². The molecule has 1 aromatic heterocycles. The van der Waals surface area contributed by atoms with E-state index >= 15 is 0 Å². The minimum absolute atomic E-state index is 0.0174. The lowest BCUT2D eigenvalue weighted by Gasteiger charge is -2.14. The molecular weight excluding hydrogens is 236 g/mol. The van der Waals surface area contributed by atoms with Crippen LogP contribution in [0.5, 0.6) is 0 Å². The molecule has 6 heteroatoms. The van der Waals surface area contributed by atoms with Crippen LogP contribution in [0.3, 0.4) is 0 Å². The van der Waals surface area contributed by atoms with E-state index in [1.54, 1.807) is 0 Å². The molecule has 6 nitrogen and oxygen atoms in total. The zero-order valence-corrected chi connectivity index (χ0v) is 9.70. The topological polar surface area (TPSA) is 84.3 Å². The van der Waals surface area contributed by atoms with E-state index < -0.39 is 17.5 Å². The van der Waals surface area contributed by atoms with Crippen molar-refractivity contribution in [2.45, 2.75) is 25.2 Å². The second kappa shape index (κ2) is 5.21. The number of nitrogens with one attached hydrogen (secondary N) is 1. The number of ether oxygens (including phenoxy) is 1. The maximum atomic E-state index is 11.6. The maximum absolute atomic E-state index is 11.6. The molecule has 1 saturated heterocycles. The summed E-state index contributed by atoms with van der Waals surface area (Å²) in [4.78, 5) is 24.7. The van der Waals surface area contributed by atoms with Crippen LogP contribution in [-0.4, -0.2) is 27.4 Å². The second-order valence-corrected chi connectivity index (χ2v) is 4.23. The van der Waals surface area contributed by atoms with Gasteiger partial charge in [-0.05, 0) is 6.42 Å². The highest BCUT2D eigenvalue weighted by Crippen LogP contribution is 2.34. The standard InChI is InChI=1S/C12H14N2O4/c1-2-3-8-6-11(18-9(8)7-15)14-5-4-10(16)13-12(14)17/h1,4-5,8-9,11,15H,3,6-7H2,(H,13,16,17)/t8-,9+,11+/m0/s1. The zero-order valence-electron chi connectivity index (χ0n) is 9.70. The molecule has 0 bridgehead atoms. The third-order valence-corrected chi connectivity index (χ3v) is 3.08. The number of aromatic amines is 1. The Kier molecular flexibility index (Phi) is 3.65. The molecule has 1 aliphatic rings. The van der Waals surface area contributed by atoms with Crippen molar-refractivity contribution in [3.8, 4) is 12.3 Å². The highest BCUT2D eigenvalue weighted by Gasteiger charge is 2.35. The Morgan fingerprint density at radius 2 is 2.39 bits per heavy atom. The summed E-state index contributed by atoms with van der Waals surface area (Å²) < 4.78 is 6.88. The number of hydrogen-bond acceptors (Lipinski definition) is 4. The fraction of sp³-hybridized carbons (Fsp3) is 0.500. The van der Waals surface area contributed by atoms with Crippen LogP contribution in [0.2, 0.25) is 0 Å². The first-order valence-electron chi connectivity index (χ1n) is 5.67. The van der Waals surface area contributed by atoms with Crippen LogP contribution in [0.1, 0.15) is 19.1 Å². The number of nitrogens with zero attached hydrogens (tertiary/aromatic N) is 1. The lowest BCUT2D eigenvalue weighted by molar-refractivity contribution is -0.0322. The number of terminal acetylenes is 1. The van der Waals surface area contributed by atoms with Gasteiger partial charge in [-0.25, -0.2) is 4.79 Å². The minimum Gasteiger partial charge on any atom is -0.394 e. The van der Waals surface area contributed by atoms with Gasteiger partial charge in [-0.1, -0.05) is 0 Å². The van der Waals surface area contributed by atoms with Crippen LogP contribution >= 0.6 is 0 Å². The third kappa shape index (κ3) is 2.37. The van der Waals surface area contributed by atoms with Crippen molar-refractivity contribution in [2.24, 2.45) is 5.92 Å². The van der Waals surface area contributed by atoms with Gasteiger partial charge in [0.1, 0.15) is 6.23 Å². The van der Waals surface area contributed by atoms with Gasteiger partial charge in [0.25, 0.3) is 5.56 Å². The van der Waals surface area contributed by atoms with E-state index in [2.05, 4.69) is 10.9 Å². The lowest BCUT2D eigenvalue weighted by atomic mass is 9.98. The Morgan fingerprint density at radius 3 is 3.00 bits per heavy atom. The molecule has 0 saturated carbocycles. The fourth-order valence-electron chi connectivity index (χ4n) is 2.17. The minimum atomic E-state index is -0.523. The Bertz CT molecular complexity index is 568. The molecular formula is C12H14N2O4. The normalized spacial score (nSPS) is 27.0. The molecule has 1 aliphatic heterocycles. The summed E-state index contributed by atoms with van der Waals surface area (Å²) in [6.07, 6.45) is 6.81. The van der Waals surface area contributed by atoms with Crippen molar-refractivity contribution in [1.29, 1.82) is 0 Å². The number of aliphatic hydroxyl groups is 1. The number of aliphatic hydroxyl groups excluding tert-OH is 1. The van der Waals surface area contributed by atoms with Gasteiger partial charge < -0.3 is 9.84 Å². The van der Waals surface area contributed by atoms with E-state index in [1.807, 2.05) is 0 Å². The molecule has 2 N–H and O–H groups in total. The van der Waals surface area contributed by atoms with Gasteiger partial charge in [-0.15, -0.1) is 12.3 Å². The summed E-state index contributed by atoms with van der Waals surface area (Å²) in [6, 6.07) is 1.26. The Hall–Kier alpha value is -1.84. The molecule has 1 fully saturated rings. The van der Waals surface area contributed by atoms with E-state index in [0.29, 0.717) is 12.8 Å². The van der Waals surface area contributed by atoms with Crippen molar-refractivity contribution < 1.29 is 9.84 Å². The molecule has 2 rings (SSSR count). The lowest BCUT2D eigenvalue weighted by Crippen LogP contribution is -2.31. The zero-order chi connectivity index (χ0) is 13.1. The summed E-state index contributed by atoms with van der Waals surface area (Å²) in [5.41, 5.74) is -0.973. The highest BCUT2D eigenvalue weighted by molar-refractivity contribution is 4.94. The first-order chi connectivity index (χ1) is 8.65. The van der Waals surface area contributed by atoms with Crippen molar-refractivity contribution in [2.75, 3.05) is 6.61 Å². The van der Waals surface area contributed by atoms with Crippen LogP contribution in [0.25, 0.3) is 0 Å².